The number of nitrogens with one attached hydrogen (secondary N) is 2. The van der Waals surface area contributed by atoms with Crippen LogP contribution in [0.15, 0.2) is 29.2 Å². The predicted octanol–water partition coefficient (Wildman–Crippen LogP) is 1.000. The van der Waals surface area contributed by atoms with Gasteiger partial charge in [0.2, 0.25) is 0 Å². The summed E-state index contributed by atoms with van der Waals surface area (Å²) in [6, 6.07) is 5.58. The molecule has 1 aliphatic heterocycles. The molecule has 2 aromatic heterocycles. The molecule has 82 valence electrons. The fraction of sp³-hybridized carbons (Fsp3) is 0.333. The zero-order valence-corrected chi connectivity index (χ0v) is 8.86. The molecule has 0 amide bonds. The smallest absolute Gasteiger partial charge is 0.257 e. The minimum atomic E-state index is -0.0347. The second-order valence-corrected chi connectivity index (χ2v) is 4.18. The normalized spacial score (nSPS) is 20.4. The third-order valence-electron chi connectivity index (χ3n) is 3.13. The maximum Gasteiger partial charge on any atom is 0.257 e. The van der Waals surface area contributed by atoms with Gasteiger partial charge in [0.15, 0.2) is 0 Å². The van der Waals surface area contributed by atoms with E-state index in [1.807, 2.05) is 6.07 Å². The minimum absolute atomic E-state index is 0.0347. The number of aromatic amines is 1. The summed E-state index contributed by atoms with van der Waals surface area (Å²) in [5.74, 6) is 0.416. The van der Waals surface area contributed by atoms with Crippen molar-refractivity contribution in [3.8, 4) is 0 Å². The molecule has 1 saturated heterocycles. The average molecular weight is 215 g/mol. The first kappa shape index (κ1) is 9.54. The maximum atomic E-state index is 11.8. The lowest BCUT2D eigenvalue weighted by Crippen LogP contribution is -2.14. The van der Waals surface area contributed by atoms with Gasteiger partial charge in [-0.1, -0.05) is 0 Å². The molecule has 2 N–H and O–H groups in total. The number of hydrogen-bond donors (Lipinski definition) is 2. The second kappa shape index (κ2) is 3.72. The van der Waals surface area contributed by atoms with Gasteiger partial charge in [0, 0.05) is 24.4 Å². The number of pyridine rings is 2. The molecule has 0 bridgehead atoms. The predicted molar refractivity (Wildman–Crippen MR) is 62.6 cm³/mol. The first-order valence-corrected chi connectivity index (χ1v) is 5.53. The van der Waals surface area contributed by atoms with Crippen molar-refractivity contribution in [3.05, 3.63) is 40.4 Å². The van der Waals surface area contributed by atoms with Gasteiger partial charge in [0.25, 0.3) is 5.56 Å². The lowest BCUT2D eigenvalue weighted by Gasteiger charge is -2.08. The van der Waals surface area contributed by atoms with Gasteiger partial charge in [-0.3, -0.25) is 9.78 Å². The number of aromatic nitrogens is 2. The fourth-order valence-corrected chi connectivity index (χ4v) is 2.25. The summed E-state index contributed by atoms with van der Waals surface area (Å²) >= 11 is 0. The van der Waals surface area contributed by atoms with Gasteiger partial charge in [-0.05, 0) is 31.2 Å². The largest absolute Gasteiger partial charge is 0.325 e. The van der Waals surface area contributed by atoms with E-state index in [2.05, 4.69) is 15.3 Å². The highest BCUT2D eigenvalue weighted by atomic mass is 16.1. The van der Waals surface area contributed by atoms with E-state index < -0.39 is 0 Å². The molecule has 1 aliphatic rings. The highest BCUT2D eigenvalue weighted by molar-refractivity contribution is 5.77. The molecule has 0 aliphatic carbocycles. The van der Waals surface area contributed by atoms with Crippen molar-refractivity contribution < 1.29 is 0 Å². The van der Waals surface area contributed by atoms with Crippen LogP contribution in [-0.2, 0) is 0 Å². The van der Waals surface area contributed by atoms with Crippen molar-refractivity contribution in [3.63, 3.8) is 0 Å². The Balaban J connectivity index is 2.17. The van der Waals surface area contributed by atoms with Crippen LogP contribution in [0.25, 0.3) is 10.9 Å². The molecule has 0 radical (unpaired) electrons. The summed E-state index contributed by atoms with van der Waals surface area (Å²) in [5, 5.41) is 3.96. The van der Waals surface area contributed by atoms with Crippen LogP contribution >= 0.6 is 0 Å². The highest BCUT2D eigenvalue weighted by Gasteiger charge is 2.18. The van der Waals surface area contributed by atoms with E-state index in [-0.39, 0.29) is 5.56 Å². The van der Waals surface area contributed by atoms with Crippen LogP contribution in [0, 0.1) is 0 Å². The maximum absolute atomic E-state index is 11.8. The van der Waals surface area contributed by atoms with Gasteiger partial charge in [0.05, 0.1) is 10.9 Å². The number of nitrogens with zero attached hydrogens (tertiary/aromatic N) is 1. The monoisotopic (exact) mass is 215 g/mol. The van der Waals surface area contributed by atoms with Crippen LogP contribution in [0.5, 0.6) is 0 Å². The Kier molecular flexibility index (Phi) is 2.22. The van der Waals surface area contributed by atoms with Gasteiger partial charge >= 0.3 is 0 Å². The van der Waals surface area contributed by atoms with Crippen molar-refractivity contribution in [2.24, 2.45) is 0 Å². The first-order valence-electron chi connectivity index (χ1n) is 5.53. The Morgan fingerprint density at radius 1 is 1.44 bits per heavy atom. The third kappa shape index (κ3) is 1.51. The summed E-state index contributed by atoms with van der Waals surface area (Å²) in [4.78, 5) is 19.0. The topological polar surface area (TPSA) is 57.8 Å². The number of rotatable bonds is 1. The van der Waals surface area contributed by atoms with Gasteiger partial charge < -0.3 is 10.3 Å². The molecule has 1 atom stereocenters. The summed E-state index contributed by atoms with van der Waals surface area (Å²) in [6.45, 7) is 1.96. The third-order valence-corrected chi connectivity index (χ3v) is 3.13. The van der Waals surface area contributed by atoms with E-state index >= 15 is 0 Å². The molecular formula is C12H13N3O. The lowest BCUT2D eigenvalue weighted by molar-refractivity contribution is 0.733. The average Bonchev–Trinajstić information content (AvgIpc) is 2.82. The van der Waals surface area contributed by atoms with E-state index in [9.17, 15) is 4.79 Å². The molecule has 0 unspecified atom stereocenters. The molecule has 1 fully saturated rings. The Bertz CT molecular complexity index is 570. The van der Waals surface area contributed by atoms with Gasteiger partial charge in [-0.15, -0.1) is 0 Å². The highest BCUT2D eigenvalue weighted by Crippen LogP contribution is 2.21. The van der Waals surface area contributed by atoms with E-state index in [4.69, 9.17) is 0 Å². The van der Waals surface area contributed by atoms with Crippen LogP contribution in [0.2, 0.25) is 0 Å². The van der Waals surface area contributed by atoms with Crippen LogP contribution in [0.3, 0.4) is 0 Å². The summed E-state index contributed by atoms with van der Waals surface area (Å²) < 4.78 is 0. The molecule has 4 nitrogen and oxygen atoms in total. The Labute approximate surface area is 92.7 Å². The van der Waals surface area contributed by atoms with Crippen LogP contribution < -0.4 is 10.9 Å². The summed E-state index contributed by atoms with van der Waals surface area (Å²) in [6.07, 6.45) is 2.80. The molecule has 0 saturated carbocycles. The molecule has 3 heterocycles. The number of H-pyrrole nitrogens is 1. The Hall–Kier alpha value is -1.68. The molecule has 3 rings (SSSR count). The molecule has 0 spiro atoms. The number of fused-ring (bicyclic) bond motifs is 1. The van der Waals surface area contributed by atoms with Gasteiger partial charge in [-0.25, -0.2) is 0 Å². The molecule has 2 aromatic rings. The fourth-order valence-electron chi connectivity index (χ4n) is 2.25. The van der Waals surface area contributed by atoms with Crippen molar-refractivity contribution in [1.82, 2.24) is 15.3 Å². The van der Waals surface area contributed by atoms with Gasteiger partial charge in [-0.2, -0.15) is 0 Å². The molecule has 0 aromatic carbocycles. The van der Waals surface area contributed by atoms with Crippen molar-refractivity contribution in [1.29, 1.82) is 0 Å². The molecule has 16 heavy (non-hydrogen) atoms. The molecule has 4 heteroatoms. The quantitative estimate of drug-likeness (QED) is 0.746. The molecular weight excluding hydrogens is 202 g/mol. The van der Waals surface area contributed by atoms with Crippen molar-refractivity contribution in [2.45, 2.75) is 12.3 Å². The standard InChI is InChI=1S/C12H13N3O/c16-12-9-2-1-4-14-11(9)6-10(15-12)8-3-5-13-7-8/h1-2,4,6,8,13H,3,5,7H2,(H,15,16)/t8-/m1/s1. The lowest BCUT2D eigenvalue weighted by atomic mass is 10.0. The van der Waals surface area contributed by atoms with E-state index in [0.717, 1.165) is 30.7 Å². The number of hydrogen-bond acceptors (Lipinski definition) is 3. The van der Waals surface area contributed by atoms with Crippen LogP contribution in [-0.4, -0.2) is 23.1 Å². The van der Waals surface area contributed by atoms with Crippen LogP contribution in [0.4, 0.5) is 0 Å². The van der Waals surface area contributed by atoms with E-state index in [1.54, 1.807) is 18.3 Å². The second-order valence-electron chi connectivity index (χ2n) is 4.18. The van der Waals surface area contributed by atoms with Crippen molar-refractivity contribution >= 4 is 10.9 Å². The zero-order chi connectivity index (χ0) is 11.0. The summed E-state index contributed by atoms with van der Waals surface area (Å²) in [5.41, 5.74) is 1.75. The van der Waals surface area contributed by atoms with Crippen LogP contribution in [0.1, 0.15) is 18.0 Å². The van der Waals surface area contributed by atoms with E-state index in [1.165, 1.54) is 0 Å². The zero-order valence-electron chi connectivity index (χ0n) is 8.86. The minimum Gasteiger partial charge on any atom is -0.325 e. The summed E-state index contributed by atoms with van der Waals surface area (Å²) in [7, 11) is 0. The van der Waals surface area contributed by atoms with Gasteiger partial charge in [0.1, 0.15) is 0 Å². The first-order chi connectivity index (χ1) is 7.84. The Morgan fingerprint density at radius 2 is 2.38 bits per heavy atom. The Morgan fingerprint density at radius 3 is 3.19 bits per heavy atom. The van der Waals surface area contributed by atoms with E-state index in [0.29, 0.717) is 11.3 Å². The van der Waals surface area contributed by atoms with Crippen molar-refractivity contribution in [2.75, 3.05) is 13.1 Å². The SMILES string of the molecule is O=c1[nH]c([C@@H]2CCNC2)cc2ncccc12.